The second kappa shape index (κ2) is 5.14. The van der Waals surface area contributed by atoms with Gasteiger partial charge in [-0.25, -0.2) is 0 Å². The van der Waals surface area contributed by atoms with Gasteiger partial charge in [0.2, 0.25) is 0 Å². The second-order valence-electron chi connectivity index (χ2n) is 6.26. The summed E-state index contributed by atoms with van der Waals surface area (Å²) in [5.41, 5.74) is 2.95. The number of aromatic amines is 1. The van der Waals surface area contributed by atoms with Crippen molar-refractivity contribution in [3.8, 4) is 0 Å². The first-order valence-corrected chi connectivity index (χ1v) is 8.43. The van der Waals surface area contributed by atoms with Crippen LogP contribution in [0, 0.1) is 19.3 Å². The monoisotopic (exact) mass is 299 g/mol. The minimum atomic E-state index is -3.12. The van der Waals surface area contributed by atoms with Crippen LogP contribution in [-0.2, 0) is 19.8 Å². The predicted molar refractivity (Wildman–Crippen MR) is 77.3 cm³/mol. The maximum atomic E-state index is 12.6. The number of aryl methyl sites for hydroxylation is 1. The fourth-order valence-electron chi connectivity index (χ4n) is 2.41. The minimum Gasteiger partial charge on any atom is -0.361 e. The molecule has 1 N–H and O–H groups in total. The molecule has 0 bridgehead atoms. The third kappa shape index (κ3) is 3.05. The van der Waals surface area contributed by atoms with Gasteiger partial charge in [-0.2, -0.15) is 0 Å². The van der Waals surface area contributed by atoms with Crippen LogP contribution in [0.2, 0.25) is 0 Å². The lowest BCUT2D eigenvalue weighted by molar-refractivity contribution is 0.0408. The van der Waals surface area contributed by atoms with Gasteiger partial charge in [0.25, 0.3) is 0 Å². The summed E-state index contributed by atoms with van der Waals surface area (Å²) in [5, 5.41) is 0. The summed E-state index contributed by atoms with van der Waals surface area (Å²) in [6.07, 6.45) is 0.184. The Bertz CT molecular complexity index is 574. The molecule has 0 aliphatic carbocycles. The standard InChI is InChI=1S/C14H22NO4P/c1-9-12(15-10(2)13(9)11(3)16)6-20(17)18-7-14(4,5)8-19-20/h15H,6-8H2,1-5H3. The van der Waals surface area contributed by atoms with Crippen LogP contribution in [0.3, 0.4) is 0 Å². The van der Waals surface area contributed by atoms with E-state index < -0.39 is 7.60 Å². The van der Waals surface area contributed by atoms with E-state index in [9.17, 15) is 9.36 Å². The van der Waals surface area contributed by atoms with Gasteiger partial charge in [-0.15, -0.1) is 0 Å². The SMILES string of the molecule is CC(=O)c1c(C)[nH]c(CP2(=O)OCC(C)(C)CO2)c1C. The van der Waals surface area contributed by atoms with Crippen LogP contribution in [0.15, 0.2) is 0 Å². The number of hydrogen-bond donors (Lipinski definition) is 1. The highest BCUT2D eigenvalue weighted by Gasteiger charge is 2.37. The Kier molecular flexibility index (Phi) is 3.98. The van der Waals surface area contributed by atoms with Crippen LogP contribution < -0.4 is 0 Å². The van der Waals surface area contributed by atoms with E-state index in [1.54, 1.807) is 0 Å². The summed E-state index contributed by atoms with van der Waals surface area (Å²) in [6.45, 7) is 10.1. The van der Waals surface area contributed by atoms with Gasteiger partial charge in [0, 0.05) is 22.4 Å². The molecule has 0 atom stereocenters. The summed E-state index contributed by atoms with van der Waals surface area (Å²) in [6, 6.07) is 0. The van der Waals surface area contributed by atoms with Crippen molar-refractivity contribution < 1.29 is 18.4 Å². The summed E-state index contributed by atoms with van der Waals surface area (Å²) < 4.78 is 23.5. The van der Waals surface area contributed by atoms with Gasteiger partial charge in [0.1, 0.15) is 0 Å². The fourth-order valence-corrected chi connectivity index (χ4v) is 4.46. The van der Waals surface area contributed by atoms with E-state index in [4.69, 9.17) is 9.05 Å². The van der Waals surface area contributed by atoms with Crippen molar-refractivity contribution in [2.75, 3.05) is 13.2 Å². The Balaban J connectivity index is 2.21. The lowest BCUT2D eigenvalue weighted by Gasteiger charge is -2.33. The van der Waals surface area contributed by atoms with Crippen LogP contribution in [0.1, 0.15) is 48.1 Å². The molecule has 1 aliphatic rings. The van der Waals surface area contributed by atoms with Crippen molar-refractivity contribution in [3.63, 3.8) is 0 Å². The zero-order chi connectivity index (χ0) is 15.1. The Morgan fingerprint density at radius 2 is 1.85 bits per heavy atom. The van der Waals surface area contributed by atoms with Crippen LogP contribution in [0.5, 0.6) is 0 Å². The molecule has 0 saturated carbocycles. The molecule has 1 aromatic rings. The quantitative estimate of drug-likeness (QED) is 0.684. The first-order valence-electron chi connectivity index (χ1n) is 6.71. The molecular weight excluding hydrogens is 277 g/mol. The lowest BCUT2D eigenvalue weighted by Crippen LogP contribution is -2.29. The van der Waals surface area contributed by atoms with E-state index in [1.165, 1.54) is 6.92 Å². The number of rotatable bonds is 3. The highest BCUT2D eigenvalue weighted by molar-refractivity contribution is 7.53. The summed E-state index contributed by atoms with van der Waals surface area (Å²) in [4.78, 5) is 14.7. The fraction of sp³-hybridized carbons (Fsp3) is 0.643. The van der Waals surface area contributed by atoms with Crippen molar-refractivity contribution >= 4 is 13.4 Å². The number of carbonyl (C=O) groups is 1. The molecule has 2 heterocycles. The number of aromatic nitrogens is 1. The van der Waals surface area contributed by atoms with Gasteiger partial charge >= 0.3 is 7.60 Å². The molecule has 20 heavy (non-hydrogen) atoms. The number of H-pyrrole nitrogens is 1. The maximum absolute atomic E-state index is 12.6. The Hall–Kier alpha value is -0.900. The molecule has 1 saturated heterocycles. The Morgan fingerprint density at radius 3 is 2.30 bits per heavy atom. The molecule has 0 aromatic carbocycles. The average Bonchev–Trinajstić information content (AvgIpc) is 2.59. The van der Waals surface area contributed by atoms with Crippen LogP contribution in [0.25, 0.3) is 0 Å². The molecule has 2 rings (SSSR count). The normalized spacial score (nSPS) is 20.9. The largest absolute Gasteiger partial charge is 0.361 e. The molecule has 0 amide bonds. The van der Waals surface area contributed by atoms with Gasteiger partial charge in [-0.1, -0.05) is 13.8 Å². The molecule has 0 unspecified atom stereocenters. The zero-order valence-corrected chi connectivity index (χ0v) is 13.6. The van der Waals surface area contributed by atoms with E-state index in [-0.39, 0.29) is 17.4 Å². The summed E-state index contributed by atoms with van der Waals surface area (Å²) in [7, 11) is -3.12. The molecule has 1 aromatic heterocycles. The summed E-state index contributed by atoms with van der Waals surface area (Å²) >= 11 is 0. The van der Waals surface area contributed by atoms with Crippen molar-refractivity contribution in [1.29, 1.82) is 0 Å². The van der Waals surface area contributed by atoms with Gasteiger partial charge in [-0.3, -0.25) is 9.36 Å². The first-order chi connectivity index (χ1) is 9.14. The van der Waals surface area contributed by atoms with E-state index in [1.807, 2.05) is 27.7 Å². The maximum Gasteiger partial charge on any atom is 0.336 e. The number of ketones is 1. The van der Waals surface area contributed by atoms with E-state index in [2.05, 4.69) is 4.98 Å². The van der Waals surface area contributed by atoms with Crippen molar-refractivity contribution in [3.05, 3.63) is 22.5 Å². The highest BCUT2D eigenvalue weighted by Crippen LogP contribution is 2.56. The van der Waals surface area contributed by atoms with Crippen LogP contribution in [-0.4, -0.2) is 24.0 Å². The smallest absolute Gasteiger partial charge is 0.336 e. The second-order valence-corrected chi connectivity index (χ2v) is 8.32. The summed E-state index contributed by atoms with van der Waals surface area (Å²) in [5.74, 6) is 0.00685. The molecule has 5 nitrogen and oxygen atoms in total. The molecule has 112 valence electrons. The predicted octanol–water partition coefficient (Wildman–Crippen LogP) is 3.60. The molecule has 0 spiro atoms. The van der Waals surface area contributed by atoms with Gasteiger partial charge in [0.05, 0.1) is 19.4 Å². The van der Waals surface area contributed by atoms with E-state index in [0.717, 1.165) is 17.0 Å². The van der Waals surface area contributed by atoms with Gasteiger partial charge < -0.3 is 14.0 Å². The molecule has 6 heteroatoms. The third-order valence-corrected chi connectivity index (χ3v) is 5.30. The first kappa shape index (κ1) is 15.5. The third-order valence-electron chi connectivity index (χ3n) is 3.55. The zero-order valence-electron chi connectivity index (χ0n) is 12.7. The van der Waals surface area contributed by atoms with Crippen LogP contribution in [0.4, 0.5) is 0 Å². The number of carbonyl (C=O) groups excluding carboxylic acids is 1. The highest BCUT2D eigenvalue weighted by atomic mass is 31.2. The van der Waals surface area contributed by atoms with Gasteiger partial charge in [0.15, 0.2) is 5.78 Å². The molecule has 0 radical (unpaired) electrons. The van der Waals surface area contributed by atoms with Gasteiger partial charge in [-0.05, 0) is 26.3 Å². The number of Topliss-reactive ketones (excluding diaryl/α,β-unsaturated/α-hetero) is 1. The van der Waals surface area contributed by atoms with Crippen molar-refractivity contribution in [1.82, 2.24) is 4.98 Å². The van der Waals surface area contributed by atoms with Crippen molar-refractivity contribution in [2.45, 2.75) is 40.8 Å². The lowest BCUT2D eigenvalue weighted by atomic mass is 9.97. The topological polar surface area (TPSA) is 68.4 Å². The van der Waals surface area contributed by atoms with E-state index in [0.29, 0.717) is 18.8 Å². The Labute approximate surface area is 119 Å². The minimum absolute atomic E-state index is 0.00685. The van der Waals surface area contributed by atoms with E-state index >= 15 is 0 Å². The average molecular weight is 299 g/mol. The molecule has 1 fully saturated rings. The number of hydrogen-bond acceptors (Lipinski definition) is 4. The molecular formula is C14H22NO4P. The number of nitrogens with one attached hydrogen (secondary N) is 1. The molecule has 1 aliphatic heterocycles. The van der Waals surface area contributed by atoms with Crippen LogP contribution >= 0.6 is 7.60 Å². The Morgan fingerprint density at radius 1 is 1.30 bits per heavy atom. The van der Waals surface area contributed by atoms with Crippen molar-refractivity contribution in [2.24, 2.45) is 5.41 Å².